The molecule has 2 heterocycles. The van der Waals surface area contributed by atoms with Gasteiger partial charge in [-0.05, 0) is 32.9 Å². The van der Waals surface area contributed by atoms with E-state index >= 15 is 0 Å². The lowest BCUT2D eigenvalue weighted by Gasteiger charge is -2.37. The maximum absolute atomic E-state index is 11.5. The lowest BCUT2D eigenvalue weighted by atomic mass is 10.1. The first-order chi connectivity index (χ1) is 8.74. The number of carbonyl (C=O) groups excluding carboxylic acids is 1. The number of hydrogen-bond donors (Lipinski definition) is 1. The van der Waals surface area contributed by atoms with Gasteiger partial charge in [-0.15, -0.1) is 0 Å². The molecule has 0 spiro atoms. The van der Waals surface area contributed by atoms with Gasteiger partial charge in [0.15, 0.2) is 0 Å². The molecule has 1 N–H and O–H groups in total. The van der Waals surface area contributed by atoms with Crippen LogP contribution in [0.4, 0.5) is 0 Å². The van der Waals surface area contributed by atoms with E-state index in [4.69, 9.17) is 4.74 Å². The van der Waals surface area contributed by atoms with Crippen molar-refractivity contribution in [3.05, 3.63) is 0 Å². The predicted octanol–water partition coefficient (Wildman–Crippen LogP) is -0.0825. The van der Waals surface area contributed by atoms with E-state index in [2.05, 4.69) is 15.1 Å². The number of nitrogens with one attached hydrogen (secondary N) is 1. The van der Waals surface area contributed by atoms with E-state index in [-0.39, 0.29) is 12.0 Å². The molecule has 2 aliphatic heterocycles. The van der Waals surface area contributed by atoms with Crippen LogP contribution in [0.5, 0.6) is 0 Å². The zero-order valence-corrected chi connectivity index (χ0v) is 11.5. The number of rotatable bonds is 5. The maximum Gasteiger partial charge on any atom is 0.322 e. The SMILES string of the molecule is CNC(CCN1CCN2CCCC2C1)C(=O)OC. The average Bonchev–Trinajstić information content (AvgIpc) is 2.86. The molecule has 0 aromatic heterocycles. The van der Waals surface area contributed by atoms with Crippen LogP contribution in [-0.4, -0.2) is 74.7 Å². The molecule has 2 fully saturated rings. The van der Waals surface area contributed by atoms with E-state index in [0.29, 0.717) is 0 Å². The minimum atomic E-state index is -0.170. The number of likely N-dealkylation sites (N-methyl/N-ethyl adjacent to an activating group) is 1. The van der Waals surface area contributed by atoms with E-state index in [1.165, 1.54) is 33.0 Å². The van der Waals surface area contributed by atoms with Gasteiger partial charge in [-0.25, -0.2) is 0 Å². The Balaban J connectivity index is 1.74. The fourth-order valence-electron chi connectivity index (χ4n) is 3.09. The zero-order valence-electron chi connectivity index (χ0n) is 11.5. The van der Waals surface area contributed by atoms with Gasteiger partial charge in [-0.1, -0.05) is 0 Å². The Morgan fingerprint density at radius 2 is 2.28 bits per heavy atom. The molecular formula is C13H25N3O2. The highest BCUT2D eigenvalue weighted by Gasteiger charge is 2.30. The van der Waals surface area contributed by atoms with Crippen LogP contribution in [0, 0.1) is 0 Å². The molecule has 2 rings (SSSR count). The first-order valence-corrected chi connectivity index (χ1v) is 6.96. The molecule has 2 unspecified atom stereocenters. The average molecular weight is 255 g/mol. The molecule has 5 nitrogen and oxygen atoms in total. The first kappa shape index (κ1) is 13.8. The fraction of sp³-hybridized carbons (Fsp3) is 0.923. The van der Waals surface area contributed by atoms with Gasteiger partial charge < -0.3 is 15.0 Å². The standard InChI is InChI=1S/C13H25N3O2/c1-14-12(13(17)18-2)5-7-15-8-9-16-6-3-4-11(16)10-15/h11-12,14H,3-10H2,1-2H3. The third-order valence-corrected chi connectivity index (χ3v) is 4.24. The van der Waals surface area contributed by atoms with Crippen molar-refractivity contribution in [1.29, 1.82) is 0 Å². The number of fused-ring (bicyclic) bond motifs is 1. The van der Waals surface area contributed by atoms with Crippen LogP contribution in [0.1, 0.15) is 19.3 Å². The highest BCUT2D eigenvalue weighted by Crippen LogP contribution is 2.21. The van der Waals surface area contributed by atoms with Crippen molar-refractivity contribution in [1.82, 2.24) is 15.1 Å². The Labute approximate surface area is 109 Å². The third-order valence-electron chi connectivity index (χ3n) is 4.24. The number of ether oxygens (including phenoxy) is 1. The van der Waals surface area contributed by atoms with Gasteiger partial charge in [-0.2, -0.15) is 0 Å². The molecule has 0 saturated carbocycles. The fourth-order valence-corrected chi connectivity index (χ4v) is 3.09. The Hall–Kier alpha value is -0.650. The second-order valence-electron chi connectivity index (χ2n) is 5.29. The zero-order chi connectivity index (χ0) is 13.0. The number of esters is 1. The molecule has 18 heavy (non-hydrogen) atoms. The van der Waals surface area contributed by atoms with Crippen LogP contribution in [0.3, 0.4) is 0 Å². The Morgan fingerprint density at radius 1 is 1.44 bits per heavy atom. The van der Waals surface area contributed by atoms with Crippen molar-refractivity contribution >= 4 is 5.97 Å². The van der Waals surface area contributed by atoms with Crippen molar-refractivity contribution in [3.8, 4) is 0 Å². The number of methoxy groups -OCH3 is 1. The van der Waals surface area contributed by atoms with Crippen LogP contribution in [0.2, 0.25) is 0 Å². The molecule has 0 radical (unpaired) electrons. The molecule has 5 heteroatoms. The largest absolute Gasteiger partial charge is 0.468 e. The lowest BCUT2D eigenvalue weighted by Crippen LogP contribution is -2.51. The molecule has 2 aliphatic rings. The van der Waals surface area contributed by atoms with E-state index in [9.17, 15) is 4.79 Å². The molecular weight excluding hydrogens is 230 g/mol. The van der Waals surface area contributed by atoms with Gasteiger partial charge >= 0.3 is 5.97 Å². The Bertz CT molecular complexity index is 285. The van der Waals surface area contributed by atoms with Crippen molar-refractivity contribution < 1.29 is 9.53 Å². The van der Waals surface area contributed by atoms with Crippen LogP contribution in [0.15, 0.2) is 0 Å². The second kappa shape index (κ2) is 6.50. The van der Waals surface area contributed by atoms with Gasteiger partial charge in [-0.3, -0.25) is 9.69 Å². The number of piperazine rings is 1. The third kappa shape index (κ3) is 3.22. The van der Waals surface area contributed by atoms with E-state index in [1.54, 1.807) is 0 Å². The van der Waals surface area contributed by atoms with Gasteiger partial charge in [0.25, 0.3) is 0 Å². The Morgan fingerprint density at radius 3 is 3.00 bits per heavy atom. The minimum absolute atomic E-state index is 0.156. The molecule has 2 atom stereocenters. The first-order valence-electron chi connectivity index (χ1n) is 6.96. The van der Waals surface area contributed by atoms with E-state index < -0.39 is 0 Å². The molecule has 104 valence electrons. The minimum Gasteiger partial charge on any atom is -0.468 e. The van der Waals surface area contributed by atoms with Crippen molar-refractivity contribution in [2.45, 2.75) is 31.3 Å². The van der Waals surface area contributed by atoms with Crippen LogP contribution in [0.25, 0.3) is 0 Å². The van der Waals surface area contributed by atoms with Crippen molar-refractivity contribution in [3.63, 3.8) is 0 Å². The van der Waals surface area contributed by atoms with E-state index in [1.807, 2.05) is 7.05 Å². The van der Waals surface area contributed by atoms with Crippen molar-refractivity contribution in [2.75, 3.05) is 46.9 Å². The van der Waals surface area contributed by atoms with Gasteiger partial charge in [0.05, 0.1) is 7.11 Å². The molecule has 0 bridgehead atoms. The van der Waals surface area contributed by atoms with Crippen LogP contribution in [-0.2, 0) is 9.53 Å². The van der Waals surface area contributed by atoms with Gasteiger partial charge in [0.2, 0.25) is 0 Å². The van der Waals surface area contributed by atoms with E-state index in [0.717, 1.165) is 32.1 Å². The normalized spacial score (nSPS) is 26.9. The van der Waals surface area contributed by atoms with Crippen LogP contribution >= 0.6 is 0 Å². The molecule has 0 aliphatic carbocycles. The maximum atomic E-state index is 11.5. The smallest absolute Gasteiger partial charge is 0.322 e. The summed E-state index contributed by atoms with van der Waals surface area (Å²) in [5.41, 5.74) is 0. The molecule has 2 saturated heterocycles. The summed E-state index contributed by atoms with van der Waals surface area (Å²) in [6.45, 7) is 5.74. The highest BCUT2D eigenvalue weighted by molar-refractivity contribution is 5.75. The summed E-state index contributed by atoms with van der Waals surface area (Å²) in [5.74, 6) is -0.156. The summed E-state index contributed by atoms with van der Waals surface area (Å²) in [7, 11) is 3.26. The van der Waals surface area contributed by atoms with Crippen molar-refractivity contribution in [2.24, 2.45) is 0 Å². The molecule has 0 aromatic carbocycles. The number of carbonyl (C=O) groups is 1. The monoisotopic (exact) mass is 255 g/mol. The predicted molar refractivity (Wildman–Crippen MR) is 70.5 cm³/mol. The second-order valence-corrected chi connectivity index (χ2v) is 5.29. The lowest BCUT2D eigenvalue weighted by molar-refractivity contribution is -0.143. The molecule has 0 aromatic rings. The topological polar surface area (TPSA) is 44.8 Å². The van der Waals surface area contributed by atoms with Gasteiger partial charge in [0.1, 0.15) is 6.04 Å². The number of nitrogens with zero attached hydrogens (tertiary/aromatic N) is 2. The number of hydrogen-bond acceptors (Lipinski definition) is 5. The quantitative estimate of drug-likeness (QED) is 0.696. The highest BCUT2D eigenvalue weighted by atomic mass is 16.5. The molecule has 0 amide bonds. The summed E-state index contributed by atoms with van der Waals surface area (Å²) in [4.78, 5) is 16.6. The summed E-state index contributed by atoms with van der Waals surface area (Å²) < 4.78 is 4.78. The Kier molecular flexibility index (Phi) is 4.97. The van der Waals surface area contributed by atoms with Crippen LogP contribution < -0.4 is 5.32 Å². The summed E-state index contributed by atoms with van der Waals surface area (Å²) in [6, 6.07) is 0.585. The summed E-state index contributed by atoms with van der Waals surface area (Å²) in [6.07, 6.45) is 3.51. The summed E-state index contributed by atoms with van der Waals surface area (Å²) >= 11 is 0. The summed E-state index contributed by atoms with van der Waals surface area (Å²) in [5, 5.41) is 3.03. The van der Waals surface area contributed by atoms with Gasteiger partial charge in [0, 0.05) is 32.2 Å².